The number of hydrogen-bond donors (Lipinski definition) is 1. The van der Waals surface area contributed by atoms with Crippen LogP contribution in [0.1, 0.15) is 24.8 Å². The number of carbonyl (C=O) groups excluding carboxylic acids is 2. The molecule has 1 saturated carbocycles. The van der Waals surface area contributed by atoms with Gasteiger partial charge in [-0.3, -0.25) is 9.59 Å². The van der Waals surface area contributed by atoms with E-state index in [1.807, 2.05) is 0 Å². The van der Waals surface area contributed by atoms with Gasteiger partial charge >= 0.3 is 5.97 Å². The van der Waals surface area contributed by atoms with Crippen molar-refractivity contribution in [1.82, 2.24) is 5.43 Å². The minimum absolute atomic E-state index is 0.0180. The number of esters is 1. The standard InChI is InChI=1S/C17H20N2O6S/c1-24-15-8-11(2-5-14(15)25-17(21)12-3-4-12)9-18-19-16(20)13-6-7-26(22,23)10-13/h2,5,8-9,12-13H,3-4,6-7,10H2,1H3,(H,19,20)/b18-9-/t13-/m1/s1. The fraction of sp³-hybridized carbons (Fsp3) is 0.471. The van der Waals surface area contributed by atoms with Crippen molar-refractivity contribution in [2.75, 3.05) is 18.6 Å². The minimum Gasteiger partial charge on any atom is -0.493 e. The Kier molecular flexibility index (Phi) is 5.26. The summed E-state index contributed by atoms with van der Waals surface area (Å²) in [4.78, 5) is 23.7. The highest BCUT2D eigenvalue weighted by Gasteiger charge is 2.33. The molecule has 2 fully saturated rings. The van der Waals surface area contributed by atoms with E-state index in [-0.39, 0.29) is 23.4 Å². The van der Waals surface area contributed by atoms with E-state index in [9.17, 15) is 18.0 Å². The van der Waals surface area contributed by atoms with Crippen molar-refractivity contribution in [3.05, 3.63) is 23.8 Å². The number of hydrazone groups is 1. The van der Waals surface area contributed by atoms with E-state index in [4.69, 9.17) is 9.47 Å². The molecular formula is C17H20N2O6S. The van der Waals surface area contributed by atoms with Crippen LogP contribution < -0.4 is 14.9 Å². The Labute approximate surface area is 151 Å². The van der Waals surface area contributed by atoms with Crippen LogP contribution in [0.15, 0.2) is 23.3 Å². The fourth-order valence-electron chi connectivity index (χ4n) is 2.62. The quantitative estimate of drug-likeness (QED) is 0.340. The summed E-state index contributed by atoms with van der Waals surface area (Å²) >= 11 is 0. The molecule has 1 aromatic rings. The van der Waals surface area contributed by atoms with Crippen molar-refractivity contribution in [2.24, 2.45) is 16.9 Å². The van der Waals surface area contributed by atoms with Crippen LogP contribution >= 0.6 is 0 Å². The topological polar surface area (TPSA) is 111 Å². The third-order valence-corrected chi connectivity index (χ3v) is 6.07. The van der Waals surface area contributed by atoms with E-state index in [2.05, 4.69) is 10.5 Å². The van der Waals surface area contributed by atoms with Gasteiger partial charge in [0.2, 0.25) is 5.91 Å². The lowest BCUT2D eigenvalue weighted by molar-refractivity contribution is -0.135. The number of amides is 1. The molecule has 1 amide bonds. The first kappa shape index (κ1) is 18.4. The lowest BCUT2D eigenvalue weighted by Gasteiger charge is -2.09. The first-order chi connectivity index (χ1) is 12.4. The van der Waals surface area contributed by atoms with E-state index >= 15 is 0 Å². The molecule has 0 spiro atoms. The van der Waals surface area contributed by atoms with Crippen molar-refractivity contribution in [2.45, 2.75) is 19.3 Å². The summed E-state index contributed by atoms with van der Waals surface area (Å²) in [5.41, 5.74) is 2.99. The Balaban J connectivity index is 1.59. The number of carbonyl (C=O) groups is 2. The van der Waals surface area contributed by atoms with Gasteiger partial charge in [-0.2, -0.15) is 5.10 Å². The number of benzene rings is 1. The molecular weight excluding hydrogens is 360 g/mol. The van der Waals surface area contributed by atoms with Crippen molar-refractivity contribution < 1.29 is 27.5 Å². The van der Waals surface area contributed by atoms with Crippen molar-refractivity contribution in [3.8, 4) is 11.5 Å². The summed E-state index contributed by atoms with van der Waals surface area (Å²) in [7, 11) is -1.65. The third-order valence-electron chi connectivity index (χ3n) is 4.30. The summed E-state index contributed by atoms with van der Waals surface area (Å²) in [5, 5.41) is 3.86. The lowest BCUT2D eigenvalue weighted by atomic mass is 10.1. The van der Waals surface area contributed by atoms with Gasteiger partial charge in [-0.05, 0) is 43.0 Å². The van der Waals surface area contributed by atoms with Gasteiger partial charge in [-0.25, -0.2) is 13.8 Å². The zero-order valence-corrected chi connectivity index (χ0v) is 15.1. The maximum absolute atomic E-state index is 11.9. The molecule has 0 aromatic heterocycles. The molecule has 26 heavy (non-hydrogen) atoms. The number of rotatable bonds is 6. The van der Waals surface area contributed by atoms with Gasteiger partial charge in [-0.1, -0.05) is 0 Å². The second-order valence-corrected chi connectivity index (χ2v) is 8.67. The summed E-state index contributed by atoms with van der Waals surface area (Å²) in [6.07, 6.45) is 3.44. The predicted octanol–water partition coefficient (Wildman–Crippen LogP) is 0.895. The number of methoxy groups -OCH3 is 1. The lowest BCUT2D eigenvalue weighted by Crippen LogP contribution is -2.27. The first-order valence-electron chi connectivity index (χ1n) is 8.31. The minimum atomic E-state index is -3.11. The van der Waals surface area contributed by atoms with Crippen molar-refractivity contribution in [3.63, 3.8) is 0 Å². The summed E-state index contributed by atoms with van der Waals surface area (Å²) in [5.74, 6) is -0.631. The van der Waals surface area contributed by atoms with Crippen LogP contribution in [0.4, 0.5) is 0 Å². The molecule has 0 bridgehead atoms. The van der Waals surface area contributed by atoms with Gasteiger partial charge in [0, 0.05) is 0 Å². The molecule has 140 valence electrons. The molecule has 1 saturated heterocycles. The molecule has 8 nitrogen and oxygen atoms in total. The van der Waals surface area contributed by atoms with Crippen molar-refractivity contribution >= 4 is 27.9 Å². The summed E-state index contributed by atoms with van der Waals surface area (Å²) in [6, 6.07) is 4.91. The second-order valence-electron chi connectivity index (χ2n) is 6.44. The van der Waals surface area contributed by atoms with Crippen LogP contribution in [0.2, 0.25) is 0 Å². The maximum atomic E-state index is 11.9. The van der Waals surface area contributed by atoms with Crippen LogP contribution in [0, 0.1) is 11.8 Å². The normalized spacial score (nSPS) is 21.5. The van der Waals surface area contributed by atoms with Gasteiger partial charge in [0.1, 0.15) is 0 Å². The van der Waals surface area contributed by atoms with Gasteiger partial charge < -0.3 is 9.47 Å². The van der Waals surface area contributed by atoms with Gasteiger partial charge in [0.25, 0.3) is 0 Å². The molecule has 0 radical (unpaired) electrons. The van der Waals surface area contributed by atoms with E-state index in [1.54, 1.807) is 18.2 Å². The van der Waals surface area contributed by atoms with Crippen LogP contribution in [0.25, 0.3) is 0 Å². The molecule has 1 aromatic carbocycles. The predicted molar refractivity (Wildman–Crippen MR) is 93.9 cm³/mol. The molecule has 1 atom stereocenters. The third kappa shape index (κ3) is 4.60. The fourth-order valence-corrected chi connectivity index (χ4v) is 4.36. The summed E-state index contributed by atoms with van der Waals surface area (Å²) in [6.45, 7) is 0. The number of hydrogen-bond acceptors (Lipinski definition) is 7. The second kappa shape index (κ2) is 7.45. The van der Waals surface area contributed by atoms with E-state index in [1.165, 1.54) is 13.3 Å². The van der Waals surface area contributed by atoms with Crippen molar-refractivity contribution in [1.29, 1.82) is 0 Å². The van der Waals surface area contributed by atoms with E-state index in [0.29, 0.717) is 23.5 Å². The molecule has 1 N–H and O–H groups in total. The average molecular weight is 380 g/mol. The van der Waals surface area contributed by atoms with Gasteiger partial charge in [0.05, 0.1) is 36.7 Å². The van der Waals surface area contributed by atoms with Crippen LogP contribution in [0.5, 0.6) is 11.5 Å². The maximum Gasteiger partial charge on any atom is 0.314 e. The molecule has 1 heterocycles. The molecule has 1 aliphatic carbocycles. The van der Waals surface area contributed by atoms with Gasteiger partial charge in [-0.15, -0.1) is 0 Å². The van der Waals surface area contributed by atoms with Crippen LogP contribution in [-0.4, -0.2) is 45.1 Å². The Morgan fingerprint density at radius 3 is 2.58 bits per heavy atom. The Morgan fingerprint density at radius 2 is 1.96 bits per heavy atom. The van der Waals surface area contributed by atoms with Crippen LogP contribution in [0.3, 0.4) is 0 Å². The zero-order chi connectivity index (χ0) is 18.7. The summed E-state index contributed by atoms with van der Waals surface area (Å²) < 4.78 is 33.3. The SMILES string of the molecule is COc1cc(/C=N\NC(=O)[C@@H]2CCS(=O)(=O)C2)ccc1OC(=O)C1CC1. The average Bonchev–Trinajstić information content (AvgIpc) is 3.39. The number of nitrogens with one attached hydrogen (secondary N) is 1. The highest BCUT2D eigenvalue weighted by Crippen LogP contribution is 2.34. The number of ether oxygens (including phenoxy) is 2. The number of sulfone groups is 1. The number of nitrogens with zero attached hydrogens (tertiary/aromatic N) is 1. The Morgan fingerprint density at radius 1 is 1.19 bits per heavy atom. The first-order valence-corrected chi connectivity index (χ1v) is 10.1. The zero-order valence-electron chi connectivity index (χ0n) is 14.3. The van der Waals surface area contributed by atoms with E-state index in [0.717, 1.165) is 12.8 Å². The Hall–Kier alpha value is -2.42. The largest absolute Gasteiger partial charge is 0.493 e. The van der Waals surface area contributed by atoms with E-state index < -0.39 is 21.7 Å². The molecule has 1 aliphatic heterocycles. The molecule has 0 unspecified atom stereocenters. The smallest absolute Gasteiger partial charge is 0.314 e. The highest BCUT2D eigenvalue weighted by atomic mass is 32.2. The Bertz CT molecular complexity index is 845. The monoisotopic (exact) mass is 380 g/mol. The molecule has 3 rings (SSSR count). The van der Waals surface area contributed by atoms with Gasteiger partial charge in [0.15, 0.2) is 21.3 Å². The highest BCUT2D eigenvalue weighted by molar-refractivity contribution is 7.91. The van der Waals surface area contributed by atoms with Crippen LogP contribution in [-0.2, 0) is 19.4 Å². The molecule has 9 heteroatoms. The molecule has 2 aliphatic rings.